The van der Waals surface area contributed by atoms with Crippen LogP contribution < -0.4 is 15.4 Å². The Balaban J connectivity index is 1.57. The van der Waals surface area contributed by atoms with Gasteiger partial charge in [0.15, 0.2) is 5.69 Å². The largest absolute Gasteiger partial charge is 0.497 e. The molecule has 3 rings (SSSR count). The number of amides is 1. The molecule has 0 aliphatic rings. The number of nitrogens with one attached hydrogen (secondary N) is 2. The van der Waals surface area contributed by atoms with E-state index in [1.807, 2.05) is 30.3 Å². The number of anilines is 1. The number of rotatable bonds is 6. The second kappa shape index (κ2) is 7.36. The summed E-state index contributed by atoms with van der Waals surface area (Å²) in [5.41, 5.74) is 0.966. The van der Waals surface area contributed by atoms with Crippen molar-refractivity contribution in [3.63, 3.8) is 0 Å². The Labute approximate surface area is 139 Å². The predicted molar refractivity (Wildman–Crippen MR) is 91.1 cm³/mol. The number of carbonyl (C=O) groups is 1. The SMILES string of the molecule is COc1ccc2cc(C(=O)NCCNc3ccccn3)nnc2c1. The first kappa shape index (κ1) is 15.7. The summed E-state index contributed by atoms with van der Waals surface area (Å²) in [6, 6.07) is 12.8. The van der Waals surface area contributed by atoms with E-state index in [-0.39, 0.29) is 11.6 Å². The van der Waals surface area contributed by atoms with E-state index in [1.165, 1.54) is 0 Å². The van der Waals surface area contributed by atoms with Crippen molar-refractivity contribution in [1.82, 2.24) is 20.5 Å². The first-order chi connectivity index (χ1) is 11.8. The summed E-state index contributed by atoms with van der Waals surface area (Å²) in [5.74, 6) is 1.21. The minimum atomic E-state index is -0.261. The summed E-state index contributed by atoms with van der Waals surface area (Å²) in [4.78, 5) is 16.3. The van der Waals surface area contributed by atoms with Crippen molar-refractivity contribution in [2.45, 2.75) is 0 Å². The number of methoxy groups -OCH3 is 1. The number of hydrogen-bond donors (Lipinski definition) is 2. The molecule has 0 atom stereocenters. The van der Waals surface area contributed by atoms with Gasteiger partial charge >= 0.3 is 0 Å². The van der Waals surface area contributed by atoms with Crippen molar-refractivity contribution in [2.24, 2.45) is 0 Å². The van der Waals surface area contributed by atoms with Crippen LogP contribution in [0.25, 0.3) is 10.9 Å². The number of aromatic nitrogens is 3. The first-order valence-corrected chi connectivity index (χ1v) is 7.51. The second-order valence-corrected chi connectivity index (χ2v) is 5.05. The molecule has 0 fully saturated rings. The quantitative estimate of drug-likeness (QED) is 0.673. The van der Waals surface area contributed by atoms with Crippen LogP contribution in [0.4, 0.5) is 5.82 Å². The number of nitrogens with zero attached hydrogens (tertiary/aromatic N) is 3. The van der Waals surface area contributed by atoms with Crippen LogP contribution in [-0.4, -0.2) is 41.3 Å². The minimum Gasteiger partial charge on any atom is -0.497 e. The zero-order chi connectivity index (χ0) is 16.8. The van der Waals surface area contributed by atoms with E-state index in [9.17, 15) is 4.79 Å². The number of pyridine rings is 1. The maximum absolute atomic E-state index is 12.1. The fraction of sp³-hybridized carbons (Fsp3) is 0.176. The number of carbonyl (C=O) groups excluding carboxylic acids is 1. The highest BCUT2D eigenvalue weighted by atomic mass is 16.5. The number of ether oxygens (including phenoxy) is 1. The third-order valence-electron chi connectivity index (χ3n) is 3.41. The monoisotopic (exact) mass is 323 g/mol. The fourth-order valence-corrected chi connectivity index (χ4v) is 2.18. The molecule has 0 radical (unpaired) electrons. The molecular formula is C17H17N5O2. The molecule has 0 aliphatic carbocycles. The molecule has 0 saturated carbocycles. The van der Waals surface area contributed by atoms with Crippen molar-refractivity contribution in [2.75, 3.05) is 25.5 Å². The van der Waals surface area contributed by atoms with Crippen LogP contribution in [0.1, 0.15) is 10.5 Å². The molecule has 7 nitrogen and oxygen atoms in total. The van der Waals surface area contributed by atoms with E-state index >= 15 is 0 Å². The van der Waals surface area contributed by atoms with Gasteiger partial charge in [0.25, 0.3) is 5.91 Å². The van der Waals surface area contributed by atoms with Crippen LogP contribution in [0.15, 0.2) is 48.7 Å². The Morgan fingerprint density at radius 3 is 2.83 bits per heavy atom. The second-order valence-electron chi connectivity index (χ2n) is 5.05. The van der Waals surface area contributed by atoms with Crippen LogP contribution in [0.2, 0.25) is 0 Å². The molecule has 2 heterocycles. The summed E-state index contributed by atoms with van der Waals surface area (Å²) >= 11 is 0. The van der Waals surface area contributed by atoms with Crippen molar-refractivity contribution in [3.8, 4) is 5.75 Å². The lowest BCUT2D eigenvalue weighted by Gasteiger charge is -2.07. The van der Waals surface area contributed by atoms with Gasteiger partial charge in [0.05, 0.1) is 12.6 Å². The van der Waals surface area contributed by atoms with Crippen LogP contribution >= 0.6 is 0 Å². The summed E-state index contributed by atoms with van der Waals surface area (Å²) < 4.78 is 5.14. The lowest BCUT2D eigenvalue weighted by molar-refractivity contribution is 0.0949. The molecule has 24 heavy (non-hydrogen) atoms. The molecule has 122 valence electrons. The Kier molecular flexibility index (Phi) is 4.81. The Bertz CT molecular complexity index is 839. The molecule has 7 heteroatoms. The Hall–Kier alpha value is -3.22. The van der Waals surface area contributed by atoms with E-state index in [0.29, 0.717) is 24.4 Å². The third-order valence-corrected chi connectivity index (χ3v) is 3.41. The van der Waals surface area contributed by atoms with Gasteiger partial charge in [0, 0.05) is 30.7 Å². The topological polar surface area (TPSA) is 89.0 Å². The summed E-state index contributed by atoms with van der Waals surface area (Å²) in [7, 11) is 1.59. The minimum absolute atomic E-state index is 0.261. The lowest BCUT2D eigenvalue weighted by Crippen LogP contribution is -2.29. The highest BCUT2D eigenvalue weighted by molar-refractivity contribution is 5.95. The van der Waals surface area contributed by atoms with E-state index in [2.05, 4.69) is 25.8 Å². The Morgan fingerprint density at radius 2 is 2.04 bits per heavy atom. The highest BCUT2D eigenvalue weighted by Crippen LogP contribution is 2.18. The van der Waals surface area contributed by atoms with Crippen LogP contribution in [0.5, 0.6) is 5.75 Å². The van der Waals surface area contributed by atoms with Crippen molar-refractivity contribution < 1.29 is 9.53 Å². The number of fused-ring (bicyclic) bond motifs is 1. The lowest BCUT2D eigenvalue weighted by atomic mass is 10.2. The number of benzene rings is 1. The van der Waals surface area contributed by atoms with Crippen molar-refractivity contribution in [3.05, 3.63) is 54.4 Å². The van der Waals surface area contributed by atoms with E-state index in [1.54, 1.807) is 25.4 Å². The summed E-state index contributed by atoms with van der Waals surface area (Å²) in [5, 5.41) is 14.8. The van der Waals surface area contributed by atoms with Crippen LogP contribution in [0.3, 0.4) is 0 Å². The molecular weight excluding hydrogens is 306 g/mol. The van der Waals surface area contributed by atoms with E-state index in [0.717, 1.165) is 11.2 Å². The maximum Gasteiger partial charge on any atom is 0.271 e. The van der Waals surface area contributed by atoms with Crippen molar-refractivity contribution in [1.29, 1.82) is 0 Å². The molecule has 0 spiro atoms. The summed E-state index contributed by atoms with van der Waals surface area (Å²) in [6.45, 7) is 1.03. The normalized spacial score (nSPS) is 10.4. The average Bonchev–Trinajstić information content (AvgIpc) is 2.65. The zero-order valence-electron chi connectivity index (χ0n) is 13.2. The van der Waals surface area contributed by atoms with Gasteiger partial charge in [-0.25, -0.2) is 4.98 Å². The molecule has 1 aromatic carbocycles. The first-order valence-electron chi connectivity index (χ1n) is 7.51. The van der Waals surface area contributed by atoms with Crippen molar-refractivity contribution >= 4 is 22.6 Å². The standard InChI is InChI=1S/C17H17N5O2/c1-24-13-6-5-12-10-15(22-21-14(12)11-13)17(23)20-9-8-19-16-4-2-3-7-18-16/h2-7,10-11H,8-9H2,1H3,(H,18,19)(H,20,23). The molecule has 0 aliphatic heterocycles. The molecule has 1 amide bonds. The zero-order valence-corrected chi connectivity index (χ0v) is 13.2. The van der Waals surface area contributed by atoms with E-state index in [4.69, 9.17) is 4.74 Å². The third kappa shape index (κ3) is 3.75. The van der Waals surface area contributed by atoms with E-state index < -0.39 is 0 Å². The molecule has 0 unspecified atom stereocenters. The molecule has 2 N–H and O–H groups in total. The van der Waals surface area contributed by atoms with Crippen LogP contribution in [-0.2, 0) is 0 Å². The van der Waals surface area contributed by atoms with Gasteiger partial charge in [0.1, 0.15) is 11.6 Å². The molecule has 0 bridgehead atoms. The Morgan fingerprint density at radius 1 is 1.12 bits per heavy atom. The van der Waals surface area contributed by atoms with Gasteiger partial charge in [0.2, 0.25) is 0 Å². The number of hydrogen-bond acceptors (Lipinski definition) is 6. The molecule has 0 saturated heterocycles. The molecule has 2 aromatic heterocycles. The van der Waals surface area contributed by atoms with Gasteiger partial charge in [-0.1, -0.05) is 6.07 Å². The molecule has 3 aromatic rings. The van der Waals surface area contributed by atoms with Gasteiger partial charge in [-0.05, 0) is 30.3 Å². The average molecular weight is 323 g/mol. The highest BCUT2D eigenvalue weighted by Gasteiger charge is 2.09. The van der Waals surface area contributed by atoms with Crippen LogP contribution in [0, 0.1) is 0 Å². The maximum atomic E-state index is 12.1. The van der Waals surface area contributed by atoms with Gasteiger partial charge in [-0.2, -0.15) is 0 Å². The smallest absolute Gasteiger partial charge is 0.271 e. The van der Waals surface area contributed by atoms with Gasteiger partial charge in [-0.15, -0.1) is 10.2 Å². The summed E-state index contributed by atoms with van der Waals surface area (Å²) in [6.07, 6.45) is 1.71. The predicted octanol–water partition coefficient (Wildman–Crippen LogP) is 1.88. The fourth-order valence-electron chi connectivity index (χ4n) is 2.18. The van der Waals surface area contributed by atoms with Gasteiger partial charge in [-0.3, -0.25) is 4.79 Å². The van der Waals surface area contributed by atoms with Gasteiger partial charge < -0.3 is 15.4 Å².